The molecule has 7 heteroatoms. The predicted molar refractivity (Wildman–Crippen MR) is 58.3 cm³/mol. The van der Waals surface area contributed by atoms with E-state index in [2.05, 4.69) is 5.32 Å². The van der Waals surface area contributed by atoms with E-state index in [1.165, 1.54) is 18.2 Å². The van der Waals surface area contributed by atoms with Crippen LogP contribution >= 0.6 is 11.6 Å². The molecule has 1 aromatic rings. The summed E-state index contributed by atoms with van der Waals surface area (Å²) in [7, 11) is 0. The number of halogens is 5. The molecular weight excluding hydrogens is 272 g/mol. The Morgan fingerprint density at radius 2 is 2.06 bits per heavy atom. The Balaban J connectivity index is 2.51. The number of hydrogen-bond donors (Lipinski definition) is 1. The maximum atomic E-state index is 12.8. The summed E-state index contributed by atoms with van der Waals surface area (Å²) in [4.78, 5) is 0. The molecule has 0 aliphatic carbocycles. The van der Waals surface area contributed by atoms with Crippen LogP contribution in [-0.2, 0) is 6.54 Å². The summed E-state index contributed by atoms with van der Waals surface area (Å²) in [5.41, 5.74) is 0.542. The summed E-state index contributed by atoms with van der Waals surface area (Å²) in [5.74, 6) is -2.65. The van der Waals surface area contributed by atoms with Crippen LogP contribution in [-0.4, -0.2) is 12.7 Å². The van der Waals surface area contributed by atoms with E-state index in [1.54, 1.807) is 0 Å². The Kier molecular flexibility index (Phi) is 4.93. The number of nitrogens with zero attached hydrogens (tertiary/aromatic N) is 1. The molecule has 98 valence electrons. The molecule has 0 aliphatic heterocycles. The van der Waals surface area contributed by atoms with E-state index in [1.807, 2.05) is 0 Å². The molecule has 1 N–H and O–H groups in total. The Labute approximate surface area is 106 Å². The Morgan fingerprint density at radius 3 is 2.56 bits per heavy atom. The van der Waals surface area contributed by atoms with E-state index >= 15 is 0 Å². The van der Waals surface area contributed by atoms with Crippen molar-refractivity contribution in [3.05, 3.63) is 34.6 Å². The second-order valence-electron chi connectivity index (χ2n) is 3.60. The maximum Gasteiger partial charge on any atom is 0.405 e. The smallest absolute Gasteiger partial charge is 0.311 e. The molecular formula is C11H9ClF4N2. The highest BCUT2D eigenvalue weighted by molar-refractivity contribution is 6.30. The van der Waals surface area contributed by atoms with Gasteiger partial charge in [-0.25, -0.2) is 4.39 Å². The first kappa shape index (κ1) is 14.7. The molecule has 0 bridgehead atoms. The summed E-state index contributed by atoms with van der Waals surface area (Å²) < 4.78 is 49.5. The van der Waals surface area contributed by atoms with Crippen LogP contribution in [0.15, 0.2) is 18.2 Å². The van der Waals surface area contributed by atoms with Crippen molar-refractivity contribution in [3.8, 4) is 6.07 Å². The fourth-order valence-corrected chi connectivity index (χ4v) is 1.45. The first-order valence-electron chi connectivity index (χ1n) is 4.95. The van der Waals surface area contributed by atoms with Gasteiger partial charge in [0.1, 0.15) is 5.82 Å². The molecule has 0 saturated heterocycles. The van der Waals surface area contributed by atoms with Crippen molar-refractivity contribution in [2.45, 2.75) is 12.7 Å². The molecule has 1 rings (SSSR count). The number of nitriles is 1. The van der Waals surface area contributed by atoms with E-state index < -0.39 is 24.5 Å². The molecule has 0 amide bonds. The van der Waals surface area contributed by atoms with E-state index in [0.29, 0.717) is 5.56 Å². The first-order chi connectivity index (χ1) is 8.34. The summed E-state index contributed by atoms with van der Waals surface area (Å²) >= 11 is 5.52. The van der Waals surface area contributed by atoms with Gasteiger partial charge in [0.25, 0.3) is 0 Å². The molecule has 1 unspecified atom stereocenters. The van der Waals surface area contributed by atoms with Crippen LogP contribution < -0.4 is 5.32 Å². The molecule has 0 radical (unpaired) electrons. The average Bonchev–Trinajstić information content (AvgIpc) is 2.27. The average molecular weight is 281 g/mol. The molecule has 0 fully saturated rings. The summed E-state index contributed by atoms with van der Waals surface area (Å²) in [6, 6.07) is 5.03. The lowest BCUT2D eigenvalue weighted by Gasteiger charge is -2.13. The van der Waals surface area contributed by atoms with Crippen molar-refractivity contribution in [2.24, 2.45) is 5.92 Å². The zero-order valence-electron chi connectivity index (χ0n) is 9.06. The van der Waals surface area contributed by atoms with Crippen molar-refractivity contribution in [1.29, 1.82) is 5.26 Å². The third-order valence-electron chi connectivity index (χ3n) is 2.21. The highest BCUT2D eigenvalue weighted by Crippen LogP contribution is 2.25. The van der Waals surface area contributed by atoms with E-state index in [0.717, 1.165) is 6.07 Å². The van der Waals surface area contributed by atoms with Gasteiger partial charge in [-0.05, 0) is 17.7 Å². The molecule has 0 saturated carbocycles. The zero-order chi connectivity index (χ0) is 13.8. The second-order valence-corrected chi connectivity index (χ2v) is 4.01. The van der Waals surface area contributed by atoms with Crippen molar-refractivity contribution in [3.63, 3.8) is 0 Å². The Bertz CT molecular complexity index is 453. The van der Waals surface area contributed by atoms with Gasteiger partial charge in [-0.15, -0.1) is 0 Å². The van der Waals surface area contributed by atoms with Gasteiger partial charge in [-0.3, -0.25) is 0 Å². The van der Waals surface area contributed by atoms with Crippen LogP contribution in [0.3, 0.4) is 0 Å². The zero-order valence-corrected chi connectivity index (χ0v) is 9.82. The summed E-state index contributed by atoms with van der Waals surface area (Å²) in [6.45, 7) is -0.441. The van der Waals surface area contributed by atoms with Gasteiger partial charge < -0.3 is 5.32 Å². The third kappa shape index (κ3) is 4.17. The normalized spacial score (nSPS) is 13.1. The van der Waals surface area contributed by atoms with Gasteiger partial charge in [0, 0.05) is 13.1 Å². The monoisotopic (exact) mass is 280 g/mol. The van der Waals surface area contributed by atoms with E-state index in [4.69, 9.17) is 16.9 Å². The van der Waals surface area contributed by atoms with E-state index in [9.17, 15) is 17.6 Å². The van der Waals surface area contributed by atoms with Crippen LogP contribution in [0.5, 0.6) is 0 Å². The molecule has 2 nitrogen and oxygen atoms in total. The van der Waals surface area contributed by atoms with Gasteiger partial charge in [-0.2, -0.15) is 18.4 Å². The molecule has 0 aliphatic rings. The quantitative estimate of drug-likeness (QED) is 0.859. The number of benzene rings is 1. The van der Waals surface area contributed by atoms with Crippen LogP contribution in [0.1, 0.15) is 5.56 Å². The minimum atomic E-state index is -4.55. The standard InChI is InChI=1S/C11H9ClF4N2/c12-9-3-7(1-2-10(9)13)5-18-6-8(4-17)11(14,15)16/h1-3,8,18H,5-6H2. The maximum absolute atomic E-state index is 12.8. The number of rotatable bonds is 4. The highest BCUT2D eigenvalue weighted by atomic mass is 35.5. The minimum Gasteiger partial charge on any atom is -0.311 e. The SMILES string of the molecule is N#CC(CNCc1ccc(F)c(Cl)c1)C(F)(F)F. The molecule has 18 heavy (non-hydrogen) atoms. The van der Waals surface area contributed by atoms with Crippen LogP contribution in [0, 0.1) is 23.1 Å². The fraction of sp³-hybridized carbons (Fsp3) is 0.364. The van der Waals surface area contributed by atoms with Crippen molar-refractivity contribution in [2.75, 3.05) is 6.54 Å². The summed E-state index contributed by atoms with van der Waals surface area (Å²) in [5, 5.41) is 10.7. The van der Waals surface area contributed by atoms with Crippen molar-refractivity contribution >= 4 is 11.6 Å². The van der Waals surface area contributed by atoms with Gasteiger partial charge in [0.15, 0.2) is 5.92 Å². The molecule has 1 aromatic carbocycles. The number of hydrogen-bond acceptors (Lipinski definition) is 2. The fourth-order valence-electron chi connectivity index (χ4n) is 1.25. The second kappa shape index (κ2) is 6.03. The number of nitrogens with one attached hydrogen (secondary N) is 1. The minimum absolute atomic E-state index is 0.0776. The van der Waals surface area contributed by atoms with Gasteiger partial charge in [-0.1, -0.05) is 17.7 Å². The first-order valence-corrected chi connectivity index (χ1v) is 5.33. The Morgan fingerprint density at radius 1 is 1.39 bits per heavy atom. The lowest BCUT2D eigenvalue weighted by Crippen LogP contribution is -2.32. The van der Waals surface area contributed by atoms with Crippen molar-refractivity contribution < 1.29 is 17.6 Å². The highest BCUT2D eigenvalue weighted by Gasteiger charge is 2.39. The van der Waals surface area contributed by atoms with Crippen molar-refractivity contribution in [1.82, 2.24) is 5.32 Å². The predicted octanol–water partition coefficient (Wildman–Crippen LogP) is 3.27. The third-order valence-corrected chi connectivity index (χ3v) is 2.50. The van der Waals surface area contributed by atoms with Crippen LogP contribution in [0.4, 0.5) is 17.6 Å². The topological polar surface area (TPSA) is 35.8 Å². The van der Waals surface area contributed by atoms with Crippen LogP contribution in [0.25, 0.3) is 0 Å². The van der Waals surface area contributed by atoms with Gasteiger partial charge >= 0.3 is 6.18 Å². The molecule has 0 aromatic heterocycles. The van der Waals surface area contributed by atoms with Gasteiger partial charge in [0.2, 0.25) is 0 Å². The lowest BCUT2D eigenvalue weighted by molar-refractivity contribution is -0.157. The molecule has 0 heterocycles. The molecule has 1 atom stereocenters. The lowest BCUT2D eigenvalue weighted by atomic mass is 10.1. The van der Waals surface area contributed by atoms with E-state index in [-0.39, 0.29) is 11.6 Å². The molecule has 0 spiro atoms. The number of alkyl halides is 3. The summed E-state index contributed by atoms with van der Waals surface area (Å²) in [6.07, 6.45) is -4.55. The van der Waals surface area contributed by atoms with Gasteiger partial charge in [0.05, 0.1) is 11.1 Å². The largest absolute Gasteiger partial charge is 0.405 e. The van der Waals surface area contributed by atoms with Crippen LogP contribution in [0.2, 0.25) is 5.02 Å². The Hall–Kier alpha value is -1.32.